The minimum absolute atomic E-state index is 0.207. The van der Waals surface area contributed by atoms with E-state index < -0.39 is 5.60 Å². The van der Waals surface area contributed by atoms with Crippen molar-refractivity contribution in [2.24, 2.45) is 0 Å². The Kier molecular flexibility index (Phi) is 5.29. The Labute approximate surface area is 153 Å². The number of rotatable bonds is 6. The van der Waals surface area contributed by atoms with Crippen LogP contribution < -0.4 is 14.8 Å². The van der Waals surface area contributed by atoms with Crippen LogP contribution in [0.4, 0.5) is 4.79 Å². The van der Waals surface area contributed by atoms with Gasteiger partial charge in [-0.1, -0.05) is 11.6 Å². The SMILES string of the molecule is CC(C)(C)OC(=O)N(CCNCc1cc(Cl)c2c(c1)OCO2)C1CC1. The fraction of sp³-hybridized carbons (Fsp3) is 0.611. The van der Waals surface area contributed by atoms with Crippen molar-refractivity contribution in [3.05, 3.63) is 22.7 Å². The average Bonchev–Trinajstić information content (AvgIpc) is 3.22. The van der Waals surface area contributed by atoms with Crippen LogP contribution in [0.15, 0.2) is 12.1 Å². The largest absolute Gasteiger partial charge is 0.454 e. The molecule has 1 N–H and O–H groups in total. The molecule has 25 heavy (non-hydrogen) atoms. The fourth-order valence-electron chi connectivity index (χ4n) is 2.68. The van der Waals surface area contributed by atoms with E-state index in [2.05, 4.69) is 5.32 Å². The molecule has 0 bridgehead atoms. The summed E-state index contributed by atoms with van der Waals surface area (Å²) in [7, 11) is 0. The maximum atomic E-state index is 12.3. The molecule has 0 radical (unpaired) electrons. The summed E-state index contributed by atoms with van der Waals surface area (Å²) in [5, 5.41) is 3.90. The molecule has 6 nitrogen and oxygen atoms in total. The first-order valence-electron chi connectivity index (χ1n) is 8.62. The highest BCUT2D eigenvalue weighted by Crippen LogP contribution is 2.39. The van der Waals surface area contributed by atoms with E-state index in [1.807, 2.05) is 37.8 Å². The zero-order chi connectivity index (χ0) is 18.0. The third kappa shape index (κ3) is 4.92. The van der Waals surface area contributed by atoms with Gasteiger partial charge in [0, 0.05) is 25.7 Å². The molecule has 7 heteroatoms. The molecule has 0 spiro atoms. The lowest BCUT2D eigenvalue weighted by atomic mass is 10.2. The Morgan fingerprint density at radius 2 is 2.12 bits per heavy atom. The summed E-state index contributed by atoms with van der Waals surface area (Å²) in [5.74, 6) is 1.29. The Bertz CT molecular complexity index is 641. The smallest absolute Gasteiger partial charge is 0.410 e. The normalized spacial score (nSPS) is 16.0. The van der Waals surface area contributed by atoms with Gasteiger partial charge in [-0.15, -0.1) is 0 Å². The van der Waals surface area contributed by atoms with E-state index >= 15 is 0 Å². The van der Waals surface area contributed by atoms with E-state index in [1.54, 1.807) is 0 Å². The lowest BCUT2D eigenvalue weighted by Crippen LogP contribution is -2.41. The second-order valence-electron chi connectivity index (χ2n) is 7.39. The summed E-state index contributed by atoms with van der Waals surface area (Å²) in [5.41, 5.74) is 0.547. The number of hydrogen-bond donors (Lipinski definition) is 1. The van der Waals surface area contributed by atoms with Crippen molar-refractivity contribution >= 4 is 17.7 Å². The van der Waals surface area contributed by atoms with E-state index in [9.17, 15) is 4.79 Å². The van der Waals surface area contributed by atoms with Crippen molar-refractivity contribution in [1.82, 2.24) is 10.2 Å². The molecule has 138 valence electrons. The Morgan fingerprint density at radius 1 is 1.36 bits per heavy atom. The topological polar surface area (TPSA) is 60.0 Å². The van der Waals surface area contributed by atoms with Gasteiger partial charge >= 0.3 is 6.09 Å². The van der Waals surface area contributed by atoms with Gasteiger partial charge in [-0.3, -0.25) is 0 Å². The fourth-order valence-corrected chi connectivity index (χ4v) is 2.97. The highest BCUT2D eigenvalue weighted by molar-refractivity contribution is 6.32. The summed E-state index contributed by atoms with van der Waals surface area (Å²) in [6.45, 7) is 7.81. The lowest BCUT2D eigenvalue weighted by molar-refractivity contribution is 0.0236. The summed E-state index contributed by atoms with van der Waals surface area (Å²) in [4.78, 5) is 14.1. The minimum Gasteiger partial charge on any atom is -0.454 e. The van der Waals surface area contributed by atoms with Crippen LogP contribution in [-0.4, -0.2) is 42.5 Å². The number of fused-ring (bicyclic) bond motifs is 1. The van der Waals surface area contributed by atoms with Crippen LogP contribution in [0.3, 0.4) is 0 Å². The molecule has 1 amide bonds. The zero-order valence-corrected chi connectivity index (χ0v) is 15.7. The Morgan fingerprint density at radius 3 is 2.80 bits per heavy atom. The molecule has 0 unspecified atom stereocenters. The predicted molar refractivity (Wildman–Crippen MR) is 95.2 cm³/mol. The summed E-state index contributed by atoms with van der Waals surface area (Å²) < 4.78 is 16.2. The molecule has 1 saturated carbocycles. The van der Waals surface area contributed by atoms with Gasteiger partial charge in [-0.05, 0) is 51.3 Å². The molecule has 1 aromatic carbocycles. The zero-order valence-electron chi connectivity index (χ0n) is 14.9. The number of nitrogens with one attached hydrogen (secondary N) is 1. The van der Waals surface area contributed by atoms with Gasteiger partial charge in [-0.25, -0.2) is 4.79 Å². The van der Waals surface area contributed by atoms with Crippen LogP contribution in [0.1, 0.15) is 39.2 Å². The number of benzene rings is 1. The molecule has 0 aromatic heterocycles. The number of hydrogen-bond acceptors (Lipinski definition) is 5. The van der Waals surface area contributed by atoms with E-state index in [-0.39, 0.29) is 12.9 Å². The first-order chi connectivity index (χ1) is 11.8. The van der Waals surface area contributed by atoms with Crippen molar-refractivity contribution in [3.63, 3.8) is 0 Å². The second-order valence-corrected chi connectivity index (χ2v) is 7.80. The molecule has 1 aliphatic heterocycles. The number of ether oxygens (including phenoxy) is 3. The first kappa shape index (κ1) is 18.1. The van der Waals surface area contributed by atoms with Gasteiger partial charge in [0.25, 0.3) is 0 Å². The van der Waals surface area contributed by atoms with Gasteiger partial charge in [0.1, 0.15) is 5.60 Å². The molecule has 1 fully saturated rings. The van der Waals surface area contributed by atoms with Gasteiger partial charge < -0.3 is 24.4 Å². The van der Waals surface area contributed by atoms with Crippen LogP contribution >= 0.6 is 11.6 Å². The molecule has 3 rings (SSSR count). The van der Waals surface area contributed by atoms with Crippen LogP contribution in [0.5, 0.6) is 11.5 Å². The standard InChI is InChI=1S/C18H25ClN2O4/c1-18(2,3)25-17(22)21(13-4-5-13)7-6-20-10-12-8-14(19)16-15(9-12)23-11-24-16/h8-9,13,20H,4-7,10-11H2,1-3H3. The lowest BCUT2D eigenvalue weighted by Gasteiger charge is -2.27. The number of halogens is 1. The monoisotopic (exact) mass is 368 g/mol. The second kappa shape index (κ2) is 7.30. The Hall–Kier alpha value is -1.66. The number of nitrogens with zero attached hydrogens (tertiary/aromatic N) is 1. The van der Waals surface area contributed by atoms with Crippen LogP contribution in [0.25, 0.3) is 0 Å². The van der Waals surface area contributed by atoms with Crippen molar-refractivity contribution in [3.8, 4) is 11.5 Å². The van der Waals surface area contributed by atoms with E-state index in [1.165, 1.54) is 0 Å². The predicted octanol–water partition coefficient (Wildman–Crippen LogP) is 3.56. The van der Waals surface area contributed by atoms with Crippen molar-refractivity contribution < 1.29 is 19.0 Å². The van der Waals surface area contributed by atoms with Gasteiger partial charge in [0.05, 0.1) is 5.02 Å². The maximum absolute atomic E-state index is 12.3. The number of carbonyl (C=O) groups excluding carboxylic acids is 1. The minimum atomic E-state index is -0.471. The van der Waals surface area contributed by atoms with Crippen molar-refractivity contribution in [2.75, 3.05) is 19.9 Å². The first-order valence-corrected chi connectivity index (χ1v) is 8.99. The third-order valence-electron chi connectivity index (χ3n) is 3.96. The average molecular weight is 369 g/mol. The molecular formula is C18H25ClN2O4. The van der Waals surface area contributed by atoms with Crippen LogP contribution in [0.2, 0.25) is 5.02 Å². The van der Waals surface area contributed by atoms with Crippen molar-refractivity contribution in [2.45, 2.75) is 51.8 Å². The van der Waals surface area contributed by atoms with Gasteiger partial charge in [0.2, 0.25) is 6.79 Å². The molecular weight excluding hydrogens is 344 g/mol. The quantitative estimate of drug-likeness (QED) is 0.778. The molecule has 0 atom stereocenters. The van der Waals surface area contributed by atoms with Crippen LogP contribution in [-0.2, 0) is 11.3 Å². The summed E-state index contributed by atoms with van der Waals surface area (Å²) in [6, 6.07) is 4.11. The van der Waals surface area contributed by atoms with Gasteiger partial charge in [0.15, 0.2) is 11.5 Å². The summed E-state index contributed by atoms with van der Waals surface area (Å²) >= 11 is 6.19. The molecule has 0 saturated heterocycles. The molecule has 2 aliphatic rings. The highest BCUT2D eigenvalue weighted by Gasteiger charge is 2.34. The van der Waals surface area contributed by atoms with E-state index in [0.717, 1.165) is 18.4 Å². The third-order valence-corrected chi connectivity index (χ3v) is 4.24. The number of carbonyl (C=O) groups is 1. The Balaban J connectivity index is 1.48. The van der Waals surface area contributed by atoms with Crippen molar-refractivity contribution in [1.29, 1.82) is 0 Å². The summed E-state index contributed by atoms with van der Waals surface area (Å²) in [6.07, 6.45) is 1.87. The van der Waals surface area contributed by atoms with E-state index in [4.69, 9.17) is 25.8 Å². The molecule has 1 aromatic rings. The molecule has 1 heterocycles. The molecule has 1 aliphatic carbocycles. The highest BCUT2D eigenvalue weighted by atomic mass is 35.5. The van der Waals surface area contributed by atoms with Gasteiger partial charge in [-0.2, -0.15) is 0 Å². The van der Waals surface area contributed by atoms with Crippen LogP contribution in [0, 0.1) is 0 Å². The van der Waals surface area contributed by atoms with E-state index in [0.29, 0.717) is 42.2 Å². The number of amides is 1. The maximum Gasteiger partial charge on any atom is 0.410 e.